The summed E-state index contributed by atoms with van der Waals surface area (Å²) in [6.07, 6.45) is -2.71. The number of amides is 1. The number of non-ortho nitro benzene ring substituents is 1. The lowest BCUT2D eigenvalue weighted by atomic mass is 10.0. The Morgan fingerprint density at radius 3 is 2.65 bits per heavy atom. The van der Waals surface area contributed by atoms with Gasteiger partial charge in [0.15, 0.2) is 0 Å². The van der Waals surface area contributed by atoms with E-state index in [1.807, 2.05) is 0 Å². The predicted octanol–water partition coefficient (Wildman–Crippen LogP) is 0.221. The lowest BCUT2D eigenvalue weighted by Gasteiger charge is -2.19. The van der Waals surface area contributed by atoms with Gasteiger partial charge < -0.3 is 20.6 Å². The average Bonchev–Trinajstić information content (AvgIpc) is 2.37. The number of hydrogen-bond donors (Lipinski definition) is 4. The van der Waals surface area contributed by atoms with Gasteiger partial charge >= 0.3 is 0 Å². The predicted molar refractivity (Wildman–Crippen MR) is 69.0 cm³/mol. The zero-order valence-electron chi connectivity index (χ0n) is 10.8. The highest BCUT2D eigenvalue weighted by Gasteiger charge is 2.23. The summed E-state index contributed by atoms with van der Waals surface area (Å²) in [5, 5.41) is 42.3. The van der Waals surface area contributed by atoms with Crippen LogP contribution in [0.25, 0.3) is 0 Å². The molecular formula is C12H16N2O6. The van der Waals surface area contributed by atoms with Gasteiger partial charge in [-0.2, -0.15) is 0 Å². The topological polar surface area (TPSA) is 133 Å². The second-order valence-corrected chi connectivity index (χ2v) is 4.28. The van der Waals surface area contributed by atoms with Gasteiger partial charge in [0.25, 0.3) is 5.69 Å². The van der Waals surface area contributed by atoms with Crippen LogP contribution in [-0.2, 0) is 4.79 Å². The summed E-state index contributed by atoms with van der Waals surface area (Å²) >= 11 is 0. The molecule has 1 aromatic carbocycles. The Balaban J connectivity index is 2.79. The van der Waals surface area contributed by atoms with Gasteiger partial charge in [0.1, 0.15) is 11.9 Å². The molecule has 1 amide bonds. The molecule has 0 saturated heterocycles. The van der Waals surface area contributed by atoms with E-state index in [0.717, 1.165) is 18.2 Å². The standard InChI is InChI=1S/C12H16N2O6/c1-7(15)13-5-4-11(17)12(18)9-6-8(14(19)20)2-3-10(9)16/h2-3,6,11-12,16-18H,4-5H2,1H3,(H,13,15). The van der Waals surface area contributed by atoms with Gasteiger partial charge in [0, 0.05) is 31.2 Å². The van der Waals surface area contributed by atoms with Crippen molar-refractivity contribution >= 4 is 11.6 Å². The van der Waals surface area contributed by atoms with Gasteiger partial charge in [-0.3, -0.25) is 14.9 Å². The van der Waals surface area contributed by atoms with E-state index in [-0.39, 0.29) is 35.9 Å². The summed E-state index contributed by atoms with van der Waals surface area (Å²) in [4.78, 5) is 20.6. The van der Waals surface area contributed by atoms with Crippen molar-refractivity contribution in [1.29, 1.82) is 0 Å². The molecule has 2 unspecified atom stereocenters. The zero-order valence-corrected chi connectivity index (χ0v) is 10.8. The minimum atomic E-state index is -1.48. The number of rotatable bonds is 6. The fourth-order valence-electron chi connectivity index (χ4n) is 1.65. The Bertz CT molecular complexity index is 505. The Morgan fingerprint density at radius 1 is 1.45 bits per heavy atom. The van der Waals surface area contributed by atoms with Crippen molar-refractivity contribution in [3.8, 4) is 5.75 Å². The lowest BCUT2D eigenvalue weighted by molar-refractivity contribution is -0.385. The molecule has 4 N–H and O–H groups in total. The van der Waals surface area contributed by atoms with Gasteiger partial charge in [-0.25, -0.2) is 0 Å². The van der Waals surface area contributed by atoms with Crippen LogP contribution in [0.2, 0.25) is 0 Å². The Morgan fingerprint density at radius 2 is 2.10 bits per heavy atom. The maximum Gasteiger partial charge on any atom is 0.270 e. The van der Waals surface area contributed by atoms with Gasteiger partial charge in [0.2, 0.25) is 5.91 Å². The van der Waals surface area contributed by atoms with E-state index in [9.17, 15) is 30.2 Å². The average molecular weight is 284 g/mol. The largest absolute Gasteiger partial charge is 0.508 e. The Labute approximate surface area is 114 Å². The van der Waals surface area contributed by atoms with E-state index < -0.39 is 17.1 Å². The van der Waals surface area contributed by atoms with Gasteiger partial charge in [-0.15, -0.1) is 0 Å². The van der Waals surface area contributed by atoms with E-state index in [1.54, 1.807) is 0 Å². The number of aliphatic hydroxyl groups is 2. The molecule has 0 aromatic heterocycles. The van der Waals surface area contributed by atoms with Crippen molar-refractivity contribution in [2.24, 2.45) is 0 Å². The third kappa shape index (κ3) is 4.18. The van der Waals surface area contributed by atoms with Crippen LogP contribution in [0.15, 0.2) is 18.2 Å². The van der Waals surface area contributed by atoms with Crippen LogP contribution in [0.4, 0.5) is 5.69 Å². The van der Waals surface area contributed by atoms with E-state index in [2.05, 4.69) is 5.32 Å². The van der Waals surface area contributed by atoms with Gasteiger partial charge in [0.05, 0.1) is 11.0 Å². The maximum absolute atomic E-state index is 10.7. The van der Waals surface area contributed by atoms with Gasteiger partial charge in [-0.05, 0) is 12.5 Å². The molecule has 110 valence electrons. The molecule has 1 rings (SSSR count). The molecule has 0 spiro atoms. The van der Waals surface area contributed by atoms with E-state index >= 15 is 0 Å². The summed E-state index contributed by atoms with van der Waals surface area (Å²) in [5.74, 6) is -0.619. The highest BCUT2D eigenvalue weighted by molar-refractivity contribution is 5.72. The molecule has 0 bridgehead atoms. The number of aliphatic hydroxyl groups excluding tert-OH is 2. The highest BCUT2D eigenvalue weighted by Crippen LogP contribution is 2.30. The summed E-state index contributed by atoms with van der Waals surface area (Å²) < 4.78 is 0. The fraction of sp³-hybridized carbons (Fsp3) is 0.417. The number of nitrogens with one attached hydrogen (secondary N) is 1. The van der Waals surface area contributed by atoms with Gasteiger partial charge in [-0.1, -0.05) is 0 Å². The molecule has 2 atom stereocenters. The zero-order chi connectivity index (χ0) is 15.3. The van der Waals surface area contributed by atoms with E-state index in [4.69, 9.17) is 0 Å². The third-order valence-electron chi connectivity index (χ3n) is 2.72. The number of nitrogens with zero attached hydrogens (tertiary/aromatic N) is 1. The number of nitro benzene ring substituents is 1. The van der Waals surface area contributed by atoms with E-state index in [0.29, 0.717) is 0 Å². The number of aromatic hydroxyl groups is 1. The van der Waals surface area contributed by atoms with Crippen molar-refractivity contribution in [3.63, 3.8) is 0 Å². The molecule has 0 aliphatic heterocycles. The van der Waals surface area contributed by atoms with Crippen molar-refractivity contribution in [1.82, 2.24) is 5.32 Å². The summed E-state index contributed by atoms with van der Waals surface area (Å²) in [5.41, 5.74) is -0.430. The lowest BCUT2D eigenvalue weighted by Crippen LogP contribution is -2.27. The van der Waals surface area contributed by atoms with Crippen molar-refractivity contribution < 1.29 is 25.0 Å². The summed E-state index contributed by atoms with van der Waals surface area (Å²) in [7, 11) is 0. The number of nitro groups is 1. The molecule has 1 aromatic rings. The first kappa shape index (κ1) is 15.9. The van der Waals surface area contributed by atoms with Crippen LogP contribution in [0.3, 0.4) is 0 Å². The number of carbonyl (C=O) groups excluding carboxylic acids is 1. The first-order chi connectivity index (χ1) is 9.32. The minimum absolute atomic E-state index is 0.0445. The summed E-state index contributed by atoms with van der Waals surface area (Å²) in [6, 6.07) is 3.17. The summed E-state index contributed by atoms with van der Waals surface area (Å²) in [6.45, 7) is 1.46. The second-order valence-electron chi connectivity index (χ2n) is 4.28. The number of phenolic OH excluding ortho intramolecular Hbond substituents is 1. The molecule has 0 fully saturated rings. The van der Waals surface area contributed by atoms with Crippen LogP contribution in [-0.4, -0.2) is 38.8 Å². The molecule has 0 heterocycles. The smallest absolute Gasteiger partial charge is 0.270 e. The molecule has 20 heavy (non-hydrogen) atoms. The Kier molecular flexibility index (Phi) is 5.42. The molecule has 0 aliphatic carbocycles. The minimum Gasteiger partial charge on any atom is -0.508 e. The molecule has 8 nitrogen and oxygen atoms in total. The molecule has 8 heteroatoms. The maximum atomic E-state index is 10.7. The number of hydrogen-bond acceptors (Lipinski definition) is 6. The first-order valence-corrected chi connectivity index (χ1v) is 5.90. The highest BCUT2D eigenvalue weighted by atomic mass is 16.6. The van der Waals surface area contributed by atoms with Crippen LogP contribution < -0.4 is 5.32 Å². The van der Waals surface area contributed by atoms with Crippen LogP contribution >= 0.6 is 0 Å². The molecule has 0 aliphatic rings. The first-order valence-electron chi connectivity index (χ1n) is 5.90. The number of benzene rings is 1. The molecule has 0 saturated carbocycles. The number of carbonyl (C=O) groups is 1. The monoisotopic (exact) mass is 284 g/mol. The van der Waals surface area contributed by atoms with Crippen LogP contribution in [0, 0.1) is 10.1 Å². The molecular weight excluding hydrogens is 268 g/mol. The second kappa shape index (κ2) is 6.83. The van der Waals surface area contributed by atoms with Crippen LogP contribution in [0.5, 0.6) is 5.75 Å². The fourth-order valence-corrected chi connectivity index (χ4v) is 1.65. The molecule has 0 radical (unpaired) electrons. The Hall–Kier alpha value is -2.19. The van der Waals surface area contributed by atoms with Crippen molar-refractivity contribution in [2.45, 2.75) is 25.6 Å². The van der Waals surface area contributed by atoms with E-state index in [1.165, 1.54) is 6.92 Å². The third-order valence-corrected chi connectivity index (χ3v) is 2.72. The van der Waals surface area contributed by atoms with Crippen molar-refractivity contribution in [2.75, 3.05) is 6.54 Å². The van der Waals surface area contributed by atoms with Crippen molar-refractivity contribution in [3.05, 3.63) is 33.9 Å². The SMILES string of the molecule is CC(=O)NCCC(O)C(O)c1cc([N+](=O)[O-])ccc1O. The normalized spacial score (nSPS) is 13.6. The number of phenols is 1. The van der Waals surface area contributed by atoms with Crippen LogP contribution in [0.1, 0.15) is 25.0 Å². The quantitative estimate of drug-likeness (QED) is 0.436.